The minimum absolute atomic E-state index is 0.0331. The van der Waals surface area contributed by atoms with Crippen LogP contribution in [0.15, 0.2) is 16.6 Å². The lowest BCUT2D eigenvalue weighted by Gasteiger charge is -2.24. The molecule has 0 bridgehead atoms. The van der Waals surface area contributed by atoms with Gasteiger partial charge in [-0.15, -0.1) is 0 Å². The molecule has 2 nitrogen and oxygen atoms in total. The molecule has 17 heavy (non-hydrogen) atoms. The van der Waals surface area contributed by atoms with Crippen LogP contribution in [0.2, 0.25) is 0 Å². The lowest BCUT2D eigenvalue weighted by Crippen LogP contribution is -2.14. The summed E-state index contributed by atoms with van der Waals surface area (Å²) in [7, 11) is 0. The van der Waals surface area contributed by atoms with Gasteiger partial charge in [0.2, 0.25) is 0 Å². The van der Waals surface area contributed by atoms with Gasteiger partial charge < -0.3 is 10.4 Å². The van der Waals surface area contributed by atoms with Gasteiger partial charge in [-0.05, 0) is 36.1 Å². The fourth-order valence-electron chi connectivity index (χ4n) is 2.42. The van der Waals surface area contributed by atoms with Gasteiger partial charge in [-0.25, -0.2) is 0 Å². The van der Waals surface area contributed by atoms with Gasteiger partial charge in [-0.2, -0.15) is 0 Å². The fraction of sp³-hybridized carbons (Fsp3) is 0.571. The molecule has 2 N–H and O–H groups in total. The molecular formula is C14H20BrNO. The van der Waals surface area contributed by atoms with Crippen LogP contribution < -0.4 is 5.32 Å². The molecule has 0 aromatic heterocycles. The summed E-state index contributed by atoms with van der Waals surface area (Å²) in [5, 5.41) is 13.8. The minimum Gasteiger partial charge on any atom is -0.507 e. The van der Waals surface area contributed by atoms with Crippen molar-refractivity contribution < 1.29 is 5.11 Å². The van der Waals surface area contributed by atoms with Crippen molar-refractivity contribution in [2.45, 2.75) is 38.5 Å². The number of halogens is 1. The van der Waals surface area contributed by atoms with E-state index in [9.17, 15) is 5.11 Å². The standard InChI is InChI=1S/C14H20BrNO/c1-14(2,3)12-7-10(15)6-11(13(12)17)9-4-5-16-8-9/h6-7,9,16-17H,4-5,8H2,1-3H3. The first-order valence-electron chi connectivity index (χ1n) is 6.13. The first-order valence-corrected chi connectivity index (χ1v) is 6.92. The van der Waals surface area contributed by atoms with Gasteiger partial charge in [0.25, 0.3) is 0 Å². The van der Waals surface area contributed by atoms with Crippen LogP contribution in [0.1, 0.15) is 44.2 Å². The third-order valence-corrected chi connectivity index (χ3v) is 3.87. The maximum atomic E-state index is 10.5. The van der Waals surface area contributed by atoms with Crippen LogP contribution >= 0.6 is 15.9 Å². The van der Waals surface area contributed by atoms with Crippen molar-refractivity contribution in [2.24, 2.45) is 0 Å². The average Bonchev–Trinajstić information content (AvgIpc) is 2.72. The van der Waals surface area contributed by atoms with E-state index >= 15 is 0 Å². The molecule has 1 aromatic carbocycles. The van der Waals surface area contributed by atoms with Crippen molar-refractivity contribution in [3.63, 3.8) is 0 Å². The van der Waals surface area contributed by atoms with E-state index in [4.69, 9.17) is 0 Å². The molecule has 1 unspecified atom stereocenters. The SMILES string of the molecule is CC(C)(C)c1cc(Br)cc(C2CCNC2)c1O. The molecule has 1 fully saturated rings. The smallest absolute Gasteiger partial charge is 0.122 e. The quantitative estimate of drug-likeness (QED) is 0.831. The molecule has 1 aromatic rings. The predicted molar refractivity (Wildman–Crippen MR) is 74.7 cm³/mol. The molecule has 0 spiro atoms. The van der Waals surface area contributed by atoms with Gasteiger partial charge in [0.1, 0.15) is 5.75 Å². The zero-order valence-corrected chi connectivity index (χ0v) is 12.3. The molecular weight excluding hydrogens is 278 g/mol. The summed E-state index contributed by atoms with van der Waals surface area (Å²) in [6.07, 6.45) is 1.10. The number of phenolic OH excluding ortho intramolecular Hbond substituents is 1. The highest BCUT2D eigenvalue weighted by atomic mass is 79.9. The summed E-state index contributed by atoms with van der Waals surface area (Å²) >= 11 is 3.56. The van der Waals surface area contributed by atoms with E-state index in [1.165, 1.54) is 0 Å². The molecule has 3 heteroatoms. The second-order valence-electron chi connectivity index (χ2n) is 5.83. The highest BCUT2D eigenvalue weighted by molar-refractivity contribution is 9.10. The maximum absolute atomic E-state index is 10.5. The van der Waals surface area contributed by atoms with E-state index < -0.39 is 0 Å². The first-order chi connectivity index (χ1) is 7.89. The van der Waals surface area contributed by atoms with Gasteiger partial charge >= 0.3 is 0 Å². The van der Waals surface area contributed by atoms with E-state index in [1.54, 1.807) is 0 Å². The van der Waals surface area contributed by atoms with Crippen LogP contribution in [0.5, 0.6) is 5.75 Å². The van der Waals surface area contributed by atoms with Crippen LogP contribution in [-0.2, 0) is 5.41 Å². The highest BCUT2D eigenvalue weighted by Gasteiger charge is 2.26. The third kappa shape index (κ3) is 2.66. The molecule has 94 valence electrons. The van der Waals surface area contributed by atoms with Crippen molar-refractivity contribution >= 4 is 15.9 Å². The fourth-order valence-corrected chi connectivity index (χ4v) is 2.90. The van der Waals surface area contributed by atoms with Crippen molar-refractivity contribution in [2.75, 3.05) is 13.1 Å². The third-order valence-electron chi connectivity index (χ3n) is 3.41. The van der Waals surface area contributed by atoms with Gasteiger partial charge in [-0.1, -0.05) is 36.7 Å². The summed E-state index contributed by atoms with van der Waals surface area (Å²) in [4.78, 5) is 0. The van der Waals surface area contributed by atoms with Crippen molar-refractivity contribution in [1.29, 1.82) is 0 Å². The molecule has 0 aliphatic carbocycles. The van der Waals surface area contributed by atoms with E-state index in [0.29, 0.717) is 11.7 Å². The lowest BCUT2D eigenvalue weighted by molar-refractivity contribution is 0.435. The van der Waals surface area contributed by atoms with Crippen LogP contribution in [0.3, 0.4) is 0 Å². The summed E-state index contributed by atoms with van der Waals surface area (Å²) in [5.74, 6) is 0.919. The Morgan fingerprint density at radius 3 is 2.59 bits per heavy atom. The number of benzene rings is 1. The Labute approximate surface area is 112 Å². The van der Waals surface area contributed by atoms with E-state index in [1.807, 2.05) is 6.07 Å². The Balaban J connectivity index is 2.49. The molecule has 1 saturated heterocycles. The summed E-state index contributed by atoms with van der Waals surface area (Å²) in [6, 6.07) is 4.09. The maximum Gasteiger partial charge on any atom is 0.122 e. The van der Waals surface area contributed by atoms with E-state index in [2.05, 4.69) is 48.1 Å². The second kappa shape index (κ2) is 4.62. The first kappa shape index (κ1) is 12.9. The minimum atomic E-state index is -0.0331. The second-order valence-corrected chi connectivity index (χ2v) is 6.75. The van der Waals surface area contributed by atoms with Crippen LogP contribution in [0.4, 0.5) is 0 Å². The van der Waals surface area contributed by atoms with E-state index in [0.717, 1.165) is 35.1 Å². The topological polar surface area (TPSA) is 32.3 Å². The van der Waals surface area contributed by atoms with Crippen molar-refractivity contribution in [3.8, 4) is 5.75 Å². The normalized spacial score (nSPS) is 20.8. The zero-order valence-electron chi connectivity index (χ0n) is 10.7. The molecule has 0 amide bonds. The molecule has 2 rings (SSSR count). The lowest BCUT2D eigenvalue weighted by atomic mass is 9.83. The summed E-state index contributed by atoms with van der Waals surface area (Å²) in [5.41, 5.74) is 2.07. The van der Waals surface area contributed by atoms with Crippen molar-refractivity contribution in [1.82, 2.24) is 5.32 Å². The Morgan fingerprint density at radius 2 is 2.06 bits per heavy atom. The molecule has 0 radical (unpaired) electrons. The Hall–Kier alpha value is -0.540. The highest BCUT2D eigenvalue weighted by Crippen LogP contribution is 2.40. The van der Waals surface area contributed by atoms with Gasteiger partial charge in [0.15, 0.2) is 0 Å². The number of hydrogen-bond donors (Lipinski definition) is 2. The Bertz CT molecular complexity index is 417. The van der Waals surface area contributed by atoms with Gasteiger partial charge in [-0.3, -0.25) is 0 Å². The van der Waals surface area contributed by atoms with E-state index in [-0.39, 0.29) is 5.41 Å². The molecule has 1 aliphatic rings. The molecule has 1 atom stereocenters. The number of aromatic hydroxyl groups is 1. The van der Waals surface area contributed by atoms with Crippen LogP contribution in [0, 0.1) is 0 Å². The number of phenols is 1. The predicted octanol–water partition coefficient (Wildman–Crippen LogP) is 3.53. The number of hydrogen-bond acceptors (Lipinski definition) is 2. The van der Waals surface area contributed by atoms with Crippen molar-refractivity contribution in [3.05, 3.63) is 27.7 Å². The average molecular weight is 298 g/mol. The number of rotatable bonds is 1. The van der Waals surface area contributed by atoms with Gasteiger partial charge in [0, 0.05) is 22.5 Å². The summed E-state index contributed by atoms with van der Waals surface area (Å²) in [6.45, 7) is 8.40. The van der Waals surface area contributed by atoms with Crippen LogP contribution in [0.25, 0.3) is 0 Å². The molecule has 0 saturated carbocycles. The van der Waals surface area contributed by atoms with Crippen LogP contribution in [-0.4, -0.2) is 18.2 Å². The molecule has 1 heterocycles. The largest absolute Gasteiger partial charge is 0.507 e. The Morgan fingerprint density at radius 1 is 1.35 bits per heavy atom. The zero-order chi connectivity index (χ0) is 12.6. The summed E-state index contributed by atoms with van der Waals surface area (Å²) < 4.78 is 1.06. The number of nitrogens with one attached hydrogen (secondary N) is 1. The van der Waals surface area contributed by atoms with Gasteiger partial charge in [0.05, 0.1) is 0 Å². The monoisotopic (exact) mass is 297 g/mol. The molecule has 1 aliphatic heterocycles. The Kier molecular flexibility index (Phi) is 3.50.